The second kappa shape index (κ2) is 13.4. The van der Waals surface area contributed by atoms with Crippen molar-refractivity contribution in [2.75, 3.05) is 50.2 Å². The van der Waals surface area contributed by atoms with Crippen LogP contribution >= 0.6 is 0 Å². The number of likely N-dealkylation sites (tertiary alicyclic amines) is 1. The highest BCUT2D eigenvalue weighted by molar-refractivity contribution is 6.06. The topological polar surface area (TPSA) is 111 Å². The molecule has 4 unspecified atom stereocenters. The molecule has 8 rings (SSSR count). The van der Waals surface area contributed by atoms with Gasteiger partial charge in [0, 0.05) is 99.0 Å². The fourth-order valence-electron chi connectivity index (χ4n) is 8.61. The van der Waals surface area contributed by atoms with Crippen LogP contribution in [0.25, 0.3) is 21.8 Å². The Morgan fingerprint density at radius 3 is 1.55 bits per heavy atom. The Hall–Kier alpha value is -4.71. The van der Waals surface area contributed by atoms with Gasteiger partial charge in [0.25, 0.3) is 0 Å². The Morgan fingerprint density at radius 1 is 0.686 bits per heavy atom. The summed E-state index contributed by atoms with van der Waals surface area (Å²) < 4.78 is 19.3. The minimum Gasteiger partial charge on any atom is -0.465 e. The molecular formula is C39H50N6O6. The molecule has 12 nitrogen and oxygen atoms in total. The van der Waals surface area contributed by atoms with E-state index in [2.05, 4.69) is 45.4 Å². The number of aryl methyl sites for hydroxylation is 2. The van der Waals surface area contributed by atoms with Crippen LogP contribution in [0.3, 0.4) is 0 Å². The van der Waals surface area contributed by atoms with Crippen LogP contribution in [-0.2, 0) is 28.3 Å². The van der Waals surface area contributed by atoms with Crippen LogP contribution in [0.2, 0.25) is 0 Å². The summed E-state index contributed by atoms with van der Waals surface area (Å²) in [6, 6.07) is 14.4. The number of nitrogens with zero attached hydrogens (tertiary/aromatic N) is 5. The molecule has 1 amide bonds. The van der Waals surface area contributed by atoms with Crippen LogP contribution in [0, 0.1) is 0 Å². The highest BCUT2D eigenvalue weighted by atomic mass is 16.6. The van der Waals surface area contributed by atoms with Gasteiger partial charge in [-0.15, -0.1) is 0 Å². The molecule has 51 heavy (non-hydrogen) atoms. The zero-order valence-electron chi connectivity index (χ0n) is 30.8. The molecule has 2 aromatic carbocycles. The molecule has 12 heteroatoms. The monoisotopic (exact) mass is 698 g/mol. The minimum atomic E-state index is -0.484. The lowest BCUT2D eigenvalue weighted by molar-refractivity contribution is 0.0209. The number of benzene rings is 2. The first-order valence-electron chi connectivity index (χ1n) is 18.0. The van der Waals surface area contributed by atoms with E-state index in [0.717, 1.165) is 53.4 Å². The summed E-state index contributed by atoms with van der Waals surface area (Å²) in [6.07, 6.45) is 8.08. The van der Waals surface area contributed by atoms with Gasteiger partial charge < -0.3 is 43.4 Å². The standard InChI is InChI=1S/C22H29N3O4.C17H21N3O2/c1-22(2,3)29-21(27)24-11-15-6-7-16(12-24)25(15)14-8-9-17-18(20(26)28-5)13-23(4)19(17)10-14;1-19-10-15(17(21)22-2)14-6-5-11(7-16(14)19)20-12-3-4-13(20)9-18-8-12/h8-10,13,15-16H,6-7,11-12H2,1-5H3;5-7,10,12-13,18H,3-4,8-9H2,1-2H3. The average Bonchev–Trinajstić information content (AvgIpc) is 3.78. The van der Waals surface area contributed by atoms with Gasteiger partial charge in [0.15, 0.2) is 0 Å². The normalized spacial score (nSPS) is 22.6. The molecule has 4 aliphatic heterocycles. The Bertz CT molecular complexity index is 1950. The van der Waals surface area contributed by atoms with E-state index in [1.54, 1.807) is 0 Å². The highest BCUT2D eigenvalue weighted by Gasteiger charge is 2.43. The summed E-state index contributed by atoms with van der Waals surface area (Å²) in [6.45, 7) is 9.16. The molecule has 4 aromatic rings. The number of esters is 2. The van der Waals surface area contributed by atoms with E-state index >= 15 is 0 Å². The first-order valence-corrected chi connectivity index (χ1v) is 18.0. The molecule has 4 atom stereocenters. The summed E-state index contributed by atoms with van der Waals surface area (Å²) in [5.74, 6) is -0.602. The number of methoxy groups -OCH3 is 2. The molecule has 272 valence electrons. The number of hydrogen-bond donors (Lipinski definition) is 1. The molecule has 0 aliphatic carbocycles. The van der Waals surface area contributed by atoms with Crippen molar-refractivity contribution in [3.05, 3.63) is 59.9 Å². The molecule has 4 bridgehead atoms. The van der Waals surface area contributed by atoms with Crippen molar-refractivity contribution >= 4 is 51.2 Å². The van der Waals surface area contributed by atoms with Gasteiger partial charge in [-0.1, -0.05) is 0 Å². The lowest BCUT2D eigenvalue weighted by Crippen LogP contribution is -2.56. The predicted molar refractivity (Wildman–Crippen MR) is 198 cm³/mol. The van der Waals surface area contributed by atoms with Crippen molar-refractivity contribution < 1.29 is 28.6 Å². The van der Waals surface area contributed by atoms with Crippen molar-refractivity contribution in [3.63, 3.8) is 0 Å². The summed E-state index contributed by atoms with van der Waals surface area (Å²) in [5, 5.41) is 5.36. The molecule has 6 heterocycles. The van der Waals surface area contributed by atoms with E-state index in [4.69, 9.17) is 14.2 Å². The summed E-state index contributed by atoms with van der Waals surface area (Å²) in [7, 11) is 6.74. The third-order valence-electron chi connectivity index (χ3n) is 10.9. The van der Waals surface area contributed by atoms with E-state index in [1.165, 1.54) is 32.7 Å². The van der Waals surface area contributed by atoms with E-state index in [9.17, 15) is 14.4 Å². The molecule has 0 radical (unpaired) electrons. The lowest BCUT2D eigenvalue weighted by atomic mass is 10.1. The van der Waals surface area contributed by atoms with Gasteiger partial charge in [0.05, 0.1) is 36.4 Å². The largest absolute Gasteiger partial charge is 0.465 e. The van der Waals surface area contributed by atoms with Crippen LogP contribution in [0.5, 0.6) is 0 Å². The van der Waals surface area contributed by atoms with Gasteiger partial charge in [-0.2, -0.15) is 0 Å². The number of piperazine rings is 2. The fraction of sp³-hybridized carbons (Fsp3) is 0.513. The zero-order chi connectivity index (χ0) is 36.2. The fourth-order valence-corrected chi connectivity index (χ4v) is 8.61. The molecule has 0 spiro atoms. The molecule has 1 N–H and O–H groups in total. The minimum absolute atomic E-state index is 0.227. The third-order valence-corrected chi connectivity index (χ3v) is 10.9. The van der Waals surface area contributed by atoms with Crippen LogP contribution < -0.4 is 15.1 Å². The van der Waals surface area contributed by atoms with E-state index in [1.807, 2.05) is 67.4 Å². The van der Waals surface area contributed by atoms with Crippen molar-refractivity contribution in [2.45, 2.75) is 76.2 Å². The first-order chi connectivity index (χ1) is 24.4. The summed E-state index contributed by atoms with van der Waals surface area (Å²) >= 11 is 0. The van der Waals surface area contributed by atoms with Gasteiger partial charge in [-0.3, -0.25) is 0 Å². The van der Waals surface area contributed by atoms with Crippen LogP contribution in [-0.4, -0.2) is 102 Å². The van der Waals surface area contributed by atoms with E-state index < -0.39 is 5.60 Å². The smallest absolute Gasteiger partial charge is 0.410 e. The number of amides is 1. The zero-order valence-corrected chi connectivity index (χ0v) is 30.8. The number of rotatable bonds is 4. The van der Waals surface area contributed by atoms with Gasteiger partial charge >= 0.3 is 18.0 Å². The average molecular weight is 699 g/mol. The van der Waals surface area contributed by atoms with Crippen molar-refractivity contribution in [1.82, 2.24) is 19.4 Å². The number of carbonyl (C=O) groups is 3. The molecule has 4 saturated heterocycles. The number of nitrogens with one attached hydrogen (secondary N) is 1. The quantitative estimate of drug-likeness (QED) is 0.220. The molecule has 4 aliphatic rings. The van der Waals surface area contributed by atoms with Crippen LogP contribution in [0.15, 0.2) is 48.8 Å². The Kier molecular flexibility index (Phi) is 9.15. The Labute approximate surface area is 299 Å². The van der Waals surface area contributed by atoms with Crippen LogP contribution in [0.1, 0.15) is 67.2 Å². The Morgan fingerprint density at radius 2 is 1.12 bits per heavy atom. The van der Waals surface area contributed by atoms with Gasteiger partial charge in [-0.25, -0.2) is 14.4 Å². The molecule has 2 aromatic heterocycles. The molecule has 0 saturated carbocycles. The van der Waals surface area contributed by atoms with E-state index in [-0.39, 0.29) is 30.1 Å². The SMILES string of the molecule is COC(=O)c1cn(C)c2cc(N3C4CCC3CN(C(=O)OC(C)(C)C)C4)ccc12.COC(=O)c1cn(C)c2cc(N3C4CCC3CNC4)ccc12. The maximum Gasteiger partial charge on any atom is 0.410 e. The number of aromatic nitrogens is 2. The van der Waals surface area contributed by atoms with Gasteiger partial charge in [0.2, 0.25) is 0 Å². The number of fused-ring (bicyclic) bond motifs is 6. The maximum atomic E-state index is 12.5. The summed E-state index contributed by atoms with van der Waals surface area (Å²) in [4.78, 5) is 43.3. The van der Waals surface area contributed by atoms with Crippen molar-refractivity contribution in [2.24, 2.45) is 14.1 Å². The third kappa shape index (κ3) is 6.50. The highest BCUT2D eigenvalue weighted by Crippen LogP contribution is 2.38. The van der Waals surface area contributed by atoms with Gasteiger partial charge in [0.1, 0.15) is 5.60 Å². The van der Waals surface area contributed by atoms with Crippen molar-refractivity contribution in [1.29, 1.82) is 0 Å². The summed E-state index contributed by atoms with van der Waals surface area (Å²) in [5.41, 5.74) is 5.20. The maximum absolute atomic E-state index is 12.5. The number of hydrogen-bond acceptors (Lipinski definition) is 9. The molecular weight excluding hydrogens is 648 g/mol. The van der Waals surface area contributed by atoms with E-state index in [0.29, 0.717) is 36.3 Å². The number of anilines is 2. The Balaban J connectivity index is 0.000000165. The van der Waals surface area contributed by atoms with Gasteiger partial charge in [-0.05, 0) is 82.9 Å². The van der Waals surface area contributed by atoms with Crippen molar-refractivity contribution in [3.8, 4) is 0 Å². The number of carbonyl (C=O) groups excluding carboxylic acids is 3. The second-order valence-corrected chi connectivity index (χ2v) is 15.3. The predicted octanol–water partition coefficient (Wildman–Crippen LogP) is 5.46. The lowest BCUT2D eigenvalue weighted by Gasteiger charge is -2.42. The number of ether oxygens (including phenoxy) is 3. The molecule has 4 fully saturated rings. The van der Waals surface area contributed by atoms with Crippen LogP contribution in [0.4, 0.5) is 16.2 Å². The first kappa shape index (κ1) is 34.7. The second-order valence-electron chi connectivity index (χ2n) is 15.3.